The third-order valence-electron chi connectivity index (χ3n) is 8.06. The Balaban J connectivity index is 0.000000316. The minimum absolute atomic E-state index is 0. The third kappa shape index (κ3) is 4.82. The monoisotopic (exact) mass is 448 g/mol. The van der Waals surface area contributed by atoms with E-state index in [-0.39, 0.29) is 14.9 Å². The van der Waals surface area contributed by atoms with Crippen LogP contribution < -0.4 is 0 Å². The molecule has 0 saturated heterocycles. The van der Waals surface area contributed by atoms with E-state index in [9.17, 15) is 0 Å². The smallest absolute Gasteiger partial charge is 0.0537 e. The molecule has 1 aromatic heterocycles. The number of rotatable bonds is 1. The number of aromatic nitrogens is 1. The highest BCUT2D eigenvalue weighted by atomic mass is 15.1. The van der Waals surface area contributed by atoms with E-state index in [1.54, 1.807) is 0 Å². The molecule has 2 heterocycles. The summed E-state index contributed by atoms with van der Waals surface area (Å²) >= 11 is 0. The van der Waals surface area contributed by atoms with E-state index in [0.29, 0.717) is 6.04 Å². The fraction of sp³-hybridized carbons (Fsp3) is 0.484. The van der Waals surface area contributed by atoms with Crippen LogP contribution in [0.3, 0.4) is 0 Å². The zero-order valence-electron chi connectivity index (χ0n) is 21.5. The summed E-state index contributed by atoms with van der Waals surface area (Å²) in [6, 6.07) is 2.68. The third-order valence-corrected chi connectivity index (χ3v) is 8.06. The molecule has 1 unspecified atom stereocenters. The predicted octanol–water partition coefficient (Wildman–Crippen LogP) is 8.46. The van der Waals surface area contributed by atoms with E-state index < -0.39 is 0 Å². The lowest BCUT2D eigenvalue weighted by Crippen LogP contribution is -2.21. The van der Waals surface area contributed by atoms with Crippen molar-refractivity contribution in [3.05, 3.63) is 80.0 Å². The van der Waals surface area contributed by atoms with E-state index in [4.69, 9.17) is 0 Å². The van der Waals surface area contributed by atoms with Crippen molar-refractivity contribution in [2.75, 3.05) is 13.6 Å². The van der Waals surface area contributed by atoms with Crippen LogP contribution in [0.15, 0.2) is 24.4 Å². The minimum Gasteiger partial charge on any atom is -0.350 e. The lowest BCUT2D eigenvalue weighted by Gasteiger charge is -2.27. The first-order valence-electron chi connectivity index (χ1n) is 11.4. The van der Waals surface area contributed by atoms with Crippen LogP contribution in [0.1, 0.15) is 76.5 Å². The lowest BCUT2D eigenvalue weighted by atomic mass is 9.86. The summed E-state index contributed by atoms with van der Waals surface area (Å²) in [5, 5.41) is 1.40. The van der Waals surface area contributed by atoms with Crippen LogP contribution in [-0.4, -0.2) is 23.1 Å². The molecule has 0 radical (unpaired) electrons. The Hall–Kier alpha value is -2.32. The van der Waals surface area contributed by atoms with Gasteiger partial charge in [-0.2, -0.15) is 0 Å². The summed E-state index contributed by atoms with van der Waals surface area (Å²) in [7, 11) is 4.32. The van der Waals surface area contributed by atoms with E-state index in [1.165, 1.54) is 66.5 Å². The molecule has 33 heavy (non-hydrogen) atoms. The van der Waals surface area contributed by atoms with Crippen molar-refractivity contribution in [1.82, 2.24) is 9.47 Å². The molecule has 0 fully saturated rings. The second kappa shape index (κ2) is 10.7. The van der Waals surface area contributed by atoms with Crippen LogP contribution >= 0.6 is 0 Å². The first-order valence-corrected chi connectivity index (χ1v) is 11.4. The molecule has 1 aliphatic rings. The highest BCUT2D eigenvalue weighted by Crippen LogP contribution is 2.35. The van der Waals surface area contributed by atoms with Gasteiger partial charge in [-0.25, -0.2) is 0 Å². The molecule has 3 aromatic rings. The summed E-state index contributed by atoms with van der Waals surface area (Å²) in [4.78, 5) is 2.41. The number of benzene rings is 2. The Bertz CT molecular complexity index is 1150. The fourth-order valence-electron chi connectivity index (χ4n) is 5.15. The number of nitrogens with zero attached hydrogens (tertiary/aromatic N) is 2. The minimum atomic E-state index is 0. The normalized spacial score (nSPS) is 15.2. The fourth-order valence-corrected chi connectivity index (χ4v) is 5.15. The van der Waals surface area contributed by atoms with E-state index in [0.717, 1.165) is 6.54 Å². The van der Waals surface area contributed by atoms with Crippen molar-refractivity contribution in [2.24, 2.45) is 7.05 Å². The van der Waals surface area contributed by atoms with Gasteiger partial charge in [-0.3, -0.25) is 4.90 Å². The largest absolute Gasteiger partial charge is 0.350 e. The maximum atomic E-state index is 2.41. The van der Waals surface area contributed by atoms with Gasteiger partial charge in [-0.05, 0) is 131 Å². The van der Waals surface area contributed by atoms with Crippen molar-refractivity contribution in [3.63, 3.8) is 0 Å². The molecule has 0 spiro atoms. The molecule has 1 aliphatic heterocycles. The molecule has 0 bridgehead atoms. The van der Waals surface area contributed by atoms with Gasteiger partial charge in [-0.1, -0.05) is 27.0 Å². The van der Waals surface area contributed by atoms with Gasteiger partial charge < -0.3 is 4.57 Å². The number of hydrogen-bond acceptors (Lipinski definition) is 1. The number of fused-ring (bicyclic) bond motifs is 1. The van der Waals surface area contributed by atoms with Gasteiger partial charge in [0.05, 0.1) is 11.6 Å². The van der Waals surface area contributed by atoms with Crippen molar-refractivity contribution in [1.29, 1.82) is 0 Å². The zero-order valence-corrected chi connectivity index (χ0v) is 21.5. The molecule has 2 nitrogen and oxygen atoms in total. The molecular weight excluding hydrogens is 400 g/mol. The molecule has 0 N–H and O–H groups in total. The number of aryl methyl sites for hydroxylation is 3. The Labute approximate surface area is 204 Å². The van der Waals surface area contributed by atoms with Gasteiger partial charge in [0.2, 0.25) is 0 Å². The quantitative estimate of drug-likeness (QED) is 0.339. The highest BCUT2D eigenvalue weighted by Gasteiger charge is 2.23. The Morgan fingerprint density at radius 2 is 1.09 bits per heavy atom. The maximum Gasteiger partial charge on any atom is 0.0537 e. The van der Waals surface area contributed by atoms with Gasteiger partial charge in [-0.15, -0.1) is 0 Å². The topological polar surface area (TPSA) is 8.17 Å². The second-order valence-corrected chi connectivity index (χ2v) is 9.54. The van der Waals surface area contributed by atoms with Crippen LogP contribution in [0.25, 0.3) is 10.9 Å². The van der Waals surface area contributed by atoms with E-state index in [2.05, 4.69) is 110 Å². The zero-order chi connectivity index (χ0) is 23.2. The summed E-state index contributed by atoms with van der Waals surface area (Å²) in [5.74, 6) is 0. The Kier molecular flexibility index (Phi) is 9.34. The lowest BCUT2D eigenvalue weighted by molar-refractivity contribution is 0.338. The van der Waals surface area contributed by atoms with Crippen LogP contribution in [-0.2, 0) is 7.05 Å². The average Bonchev–Trinajstić information content (AvgIpc) is 3.34. The van der Waals surface area contributed by atoms with Crippen LogP contribution in [0.4, 0.5) is 0 Å². The molecule has 4 rings (SSSR count). The summed E-state index contributed by atoms with van der Waals surface area (Å²) in [6.07, 6.45) is 6.75. The molecule has 182 valence electrons. The van der Waals surface area contributed by atoms with Gasteiger partial charge >= 0.3 is 0 Å². The van der Waals surface area contributed by atoms with Gasteiger partial charge in [0.1, 0.15) is 0 Å². The van der Waals surface area contributed by atoms with Gasteiger partial charge in [0.25, 0.3) is 0 Å². The number of hydrogen-bond donors (Lipinski definition) is 0. The molecule has 2 heteroatoms. The summed E-state index contributed by atoms with van der Waals surface area (Å²) in [6.45, 7) is 21.2. The molecular formula is C31H48N2. The average molecular weight is 449 g/mol. The first kappa shape index (κ1) is 28.7. The summed E-state index contributed by atoms with van der Waals surface area (Å²) in [5.41, 5.74) is 15.9. The Morgan fingerprint density at radius 3 is 1.58 bits per heavy atom. The van der Waals surface area contributed by atoms with Crippen molar-refractivity contribution >= 4 is 10.9 Å². The van der Waals surface area contributed by atoms with Crippen LogP contribution in [0.2, 0.25) is 0 Å². The first-order chi connectivity index (χ1) is 14.5. The van der Waals surface area contributed by atoms with Crippen molar-refractivity contribution < 1.29 is 0 Å². The predicted molar refractivity (Wildman–Crippen MR) is 150 cm³/mol. The molecule has 2 aromatic carbocycles. The molecule has 0 aliphatic carbocycles. The second-order valence-electron chi connectivity index (χ2n) is 9.54. The molecule has 0 saturated carbocycles. The van der Waals surface area contributed by atoms with Gasteiger partial charge in [0, 0.05) is 25.2 Å². The molecule has 1 atom stereocenters. The van der Waals surface area contributed by atoms with Gasteiger partial charge in [0.15, 0.2) is 0 Å². The van der Waals surface area contributed by atoms with Crippen molar-refractivity contribution in [2.45, 2.75) is 83.2 Å². The highest BCUT2D eigenvalue weighted by molar-refractivity contribution is 5.88. The van der Waals surface area contributed by atoms with E-state index >= 15 is 0 Å². The maximum absolute atomic E-state index is 2.41. The van der Waals surface area contributed by atoms with Crippen molar-refractivity contribution in [3.8, 4) is 0 Å². The molecule has 0 amide bonds. The van der Waals surface area contributed by atoms with E-state index in [1.807, 2.05) is 0 Å². The number of likely N-dealkylation sites (N-methyl/N-ethyl adjacent to an activating group) is 1. The van der Waals surface area contributed by atoms with Crippen LogP contribution in [0, 0.1) is 62.3 Å². The standard InChI is InChI=1S/C16H23N.C13H17N.2CH4/c1-10-11(2)13(4)16(14(5)12(10)3)15-8-7-9-17(15)6;1-8-9(2)11(4)13-12(10(8)3)6-7-14(13)5;;/h7-8,15H,9H2,1-6H3;6-7H,1-5H3;2*1H4. The summed E-state index contributed by atoms with van der Waals surface area (Å²) < 4.78 is 2.21. The SMILES string of the molecule is C.C.Cc1c(C)c(C)c(C2C=CCN2C)c(C)c1C.Cc1c(C)c(C)c2c(ccn2C)c1C. The Morgan fingerprint density at radius 1 is 0.636 bits per heavy atom. The van der Waals surface area contributed by atoms with Crippen LogP contribution in [0.5, 0.6) is 0 Å².